The number of benzene rings is 1. The van der Waals surface area contributed by atoms with Gasteiger partial charge in [-0.05, 0) is 17.9 Å². The van der Waals surface area contributed by atoms with E-state index in [9.17, 15) is 9.90 Å². The lowest BCUT2D eigenvalue weighted by Crippen LogP contribution is -2.51. The molecule has 2 unspecified atom stereocenters. The van der Waals surface area contributed by atoms with Gasteiger partial charge in [0, 0.05) is 13.3 Å². The Morgan fingerprint density at radius 3 is 2.25 bits per heavy atom. The van der Waals surface area contributed by atoms with E-state index in [-0.39, 0.29) is 11.5 Å². The van der Waals surface area contributed by atoms with Crippen LogP contribution in [0.2, 0.25) is 0 Å². The molecular weight excluding hydrogens is 252 g/mol. The van der Waals surface area contributed by atoms with Crippen LogP contribution in [0.4, 0.5) is 0 Å². The van der Waals surface area contributed by atoms with Gasteiger partial charge in [0.25, 0.3) is 5.91 Å². The van der Waals surface area contributed by atoms with E-state index in [0.717, 1.165) is 0 Å². The second-order valence-electron chi connectivity index (χ2n) is 6.16. The molecule has 1 rings (SSSR count). The lowest BCUT2D eigenvalue weighted by atomic mass is 9.86. The highest BCUT2D eigenvalue weighted by Gasteiger charge is 2.35. The van der Waals surface area contributed by atoms with Crippen molar-refractivity contribution in [1.82, 2.24) is 5.32 Å². The monoisotopic (exact) mass is 276 g/mol. The molecule has 0 aromatic heterocycles. The maximum Gasteiger partial charge on any atom is 0.256 e. The van der Waals surface area contributed by atoms with Crippen molar-refractivity contribution in [2.75, 3.05) is 7.05 Å². The fraction of sp³-hybridized carbons (Fsp3) is 0.500. The minimum Gasteiger partial charge on any atom is -0.376 e. The van der Waals surface area contributed by atoms with E-state index in [2.05, 4.69) is 10.3 Å². The smallest absolute Gasteiger partial charge is 0.256 e. The van der Waals surface area contributed by atoms with Gasteiger partial charge in [0.1, 0.15) is 0 Å². The Labute approximate surface area is 120 Å². The summed E-state index contributed by atoms with van der Waals surface area (Å²) in [5, 5.41) is 13.3. The molecule has 20 heavy (non-hydrogen) atoms. The first kappa shape index (κ1) is 16.4. The zero-order valence-corrected chi connectivity index (χ0v) is 12.8. The Bertz CT molecular complexity index is 473. The molecule has 110 valence electrons. The summed E-state index contributed by atoms with van der Waals surface area (Å²) >= 11 is 0. The lowest BCUT2D eigenvalue weighted by Gasteiger charge is -2.32. The molecule has 0 heterocycles. The van der Waals surface area contributed by atoms with E-state index in [4.69, 9.17) is 0 Å². The molecule has 4 nitrogen and oxygen atoms in total. The Balaban J connectivity index is 2.94. The maximum absolute atomic E-state index is 12.4. The van der Waals surface area contributed by atoms with Crippen LogP contribution in [0.15, 0.2) is 35.3 Å². The molecule has 0 aliphatic rings. The van der Waals surface area contributed by atoms with Crippen LogP contribution in [0.5, 0.6) is 0 Å². The lowest BCUT2D eigenvalue weighted by molar-refractivity contribution is -0.139. The van der Waals surface area contributed by atoms with Crippen LogP contribution in [0.1, 0.15) is 33.3 Å². The molecule has 2 N–H and O–H groups in total. The van der Waals surface area contributed by atoms with Gasteiger partial charge < -0.3 is 10.4 Å². The summed E-state index contributed by atoms with van der Waals surface area (Å²) in [6, 6.07) is 8.67. The van der Waals surface area contributed by atoms with E-state index in [0.29, 0.717) is 5.56 Å². The first-order valence-electron chi connectivity index (χ1n) is 6.70. The summed E-state index contributed by atoms with van der Waals surface area (Å²) in [6.07, 6.45) is 1.69. The molecule has 0 spiro atoms. The molecule has 1 aromatic rings. The highest BCUT2D eigenvalue weighted by atomic mass is 16.3. The molecule has 2 atom stereocenters. The van der Waals surface area contributed by atoms with E-state index in [1.165, 1.54) is 6.92 Å². The van der Waals surface area contributed by atoms with Crippen molar-refractivity contribution in [2.45, 2.75) is 39.3 Å². The summed E-state index contributed by atoms with van der Waals surface area (Å²) < 4.78 is 0. The van der Waals surface area contributed by atoms with Gasteiger partial charge in [0.05, 0.1) is 6.04 Å². The van der Waals surface area contributed by atoms with Gasteiger partial charge in [0.15, 0.2) is 5.60 Å². The molecule has 1 amide bonds. The van der Waals surface area contributed by atoms with Crippen LogP contribution in [-0.4, -0.2) is 30.3 Å². The molecule has 0 radical (unpaired) electrons. The summed E-state index contributed by atoms with van der Waals surface area (Å²) in [7, 11) is 1.67. The number of hydrogen-bond donors (Lipinski definition) is 2. The Hall–Kier alpha value is -1.68. The number of hydrogen-bond acceptors (Lipinski definition) is 3. The second-order valence-corrected chi connectivity index (χ2v) is 6.16. The second kappa shape index (κ2) is 6.18. The van der Waals surface area contributed by atoms with Crippen LogP contribution in [0.3, 0.4) is 0 Å². The van der Waals surface area contributed by atoms with Crippen molar-refractivity contribution < 1.29 is 9.90 Å². The van der Waals surface area contributed by atoms with Crippen molar-refractivity contribution in [1.29, 1.82) is 0 Å². The minimum atomic E-state index is -1.56. The highest BCUT2D eigenvalue weighted by Crippen LogP contribution is 2.23. The summed E-state index contributed by atoms with van der Waals surface area (Å²) in [4.78, 5) is 16.4. The van der Waals surface area contributed by atoms with Crippen molar-refractivity contribution in [3.8, 4) is 0 Å². The number of aliphatic hydroxyl groups is 1. The molecule has 0 aliphatic carbocycles. The Morgan fingerprint density at radius 2 is 1.80 bits per heavy atom. The van der Waals surface area contributed by atoms with Crippen LogP contribution in [0, 0.1) is 5.41 Å². The van der Waals surface area contributed by atoms with Crippen molar-refractivity contribution in [3.63, 3.8) is 0 Å². The Morgan fingerprint density at radius 1 is 1.25 bits per heavy atom. The third-order valence-electron chi connectivity index (χ3n) is 3.30. The van der Waals surface area contributed by atoms with Crippen molar-refractivity contribution in [2.24, 2.45) is 10.4 Å². The highest BCUT2D eigenvalue weighted by molar-refractivity contribution is 5.88. The predicted octanol–water partition coefficient (Wildman–Crippen LogP) is 2.13. The van der Waals surface area contributed by atoms with Crippen molar-refractivity contribution in [3.05, 3.63) is 35.9 Å². The molecule has 0 aliphatic heterocycles. The average molecular weight is 276 g/mol. The third kappa shape index (κ3) is 3.90. The van der Waals surface area contributed by atoms with Gasteiger partial charge >= 0.3 is 0 Å². The maximum atomic E-state index is 12.4. The molecule has 0 saturated carbocycles. The molecule has 0 fully saturated rings. The molecule has 0 saturated heterocycles. The first-order chi connectivity index (χ1) is 9.19. The summed E-state index contributed by atoms with van der Waals surface area (Å²) in [6.45, 7) is 7.53. The molecule has 1 aromatic carbocycles. The van der Waals surface area contributed by atoms with Gasteiger partial charge in [-0.25, -0.2) is 0 Å². The number of nitrogens with one attached hydrogen (secondary N) is 1. The van der Waals surface area contributed by atoms with E-state index in [1.54, 1.807) is 37.5 Å². The fourth-order valence-electron chi connectivity index (χ4n) is 1.80. The Kier molecular flexibility index (Phi) is 5.06. The van der Waals surface area contributed by atoms with E-state index >= 15 is 0 Å². The van der Waals surface area contributed by atoms with E-state index < -0.39 is 11.5 Å². The SMILES string of the molecule is CN=CC(NC(=O)C(C)(O)c1ccccc1)C(C)(C)C. The molecule has 4 heteroatoms. The summed E-state index contributed by atoms with van der Waals surface area (Å²) in [5.74, 6) is -0.427. The number of aliphatic imine (C=N–C) groups is 1. The third-order valence-corrected chi connectivity index (χ3v) is 3.30. The van der Waals surface area contributed by atoms with Crippen LogP contribution in [-0.2, 0) is 10.4 Å². The minimum absolute atomic E-state index is 0.179. The number of nitrogens with zero attached hydrogens (tertiary/aromatic N) is 1. The fourth-order valence-corrected chi connectivity index (χ4v) is 1.80. The predicted molar refractivity (Wildman–Crippen MR) is 81.8 cm³/mol. The van der Waals surface area contributed by atoms with Crippen LogP contribution >= 0.6 is 0 Å². The molecule has 0 bridgehead atoms. The number of amides is 1. The van der Waals surface area contributed by atoms with Gasteiger partial charge in [-0.2, -0.15) is 0 Å². The van der Waals surface area contributed by atoms with Gasteiger partial charge in [-0.1, -0.05) is 51.1 Å². The van der Waals surface area contributed by atoms with Gasteiger partial charge in [-0.15, -0.1) is 0 Å². The standard InChI is InChI=1S/C16H24N2O2/c1-15(2,3)13(11-17-5)18-14(19)16(4,20)12-9-7-6-8-10-12/h6-11,13,20H,1-5H3,(H,18,19). The van der Waals surface area contributed by atoms with E-state index in [1.807, 2.05) is 26.8 Å². The van der Waals surface area contributed by atoms with Crippen LogP contribution < -0.4 is 5.32 Å². The normalized spacial score (nSPS) is 16.7. The topological polar surface area (TPSA) is 61.7 Å². The zero-order valence-electron chi connectivity index (χ0n) is 12.8. The number of carbonyl (C=O) groups is 1. The van der Waals surface area contributed by atoms with Gasteiger partial charge in [-0.3, -0.25) is 9.79 Å². The van der Waals surface area contributed by atoms with Gasteiger partial charge in [0.2, 0.25) is 0 Å². The quantitative estimate of drug-likeness (QED) is 0.828. The van der Waals surface area contributed by atoms with Crippen LogP contribution in [0.25, 0.3) is 0 Å². The number of rotatable bonds is 4. The number of carbonyl (C=O) groups excluding carboxylic acids is 1. The molecular formula is C16H24N2O2. The summed E-state index contributed by atoms with van der Waals surface area (Å²) in [5.41, 5.74) is -1.17. The van der Waals surface area contributed by atoms with Crippen molar-refractivity contribution >= 4 is 12.1 Å². The zero-order chi connectivity index (χ0) is 15.4. The average Bonchev–Trinajstić information content (AvgIpc) is 2.38. The first-order valence-corrected chi connectivity index (χ1v) is 6.70. The largest absolute Gasteiger partial charge is 0.376 e.